The third-order valence-corrected chi connectivity index (χ3v) is 2.64. The average molecular weight is 274 g/mol. The Morgan fingerprint density at radius 2 is 1.28 bits per heavy atom. The predicted octanol–water partition coefficient (Wildman–Crippen LogP) is 5.14. The van der Waals surface area contributed by atoms with Crippen LogP contribution in [0.25, 0.3) is 0 Å². The SMILES string of the molecule is CC(C)c1[c-]c(C(C)C)ccc1.[Ti+2].c1cc[cH-]c1. The third-order valence-electron chi connectivity index (χ3n) is 2.64. The van der Waals surface area contributed by atoms with Crippen LogP contribution in [0.3, 0.4) is 0 Å². The van der Waals surface area contributed by atoms with Crippen molar-refractivity contribution < 1.29 is 21.7 Å². The summed E-state index contributed by atoms with van der Waals surface area (Å²) >= 11 is 0. The molecule has 0 bridgehead atoms. The summed E-state index contributed by atoms with van der Waals surface area (Å²) in [7, 11) is 0. The minimum absolute atomic E-state index is 0. The van der Waals surface area contributed by atoms with Crippen molar-refractivity contribution in [1.82, 2.24) is 0 Å². The van der Waals surface area contributed by atoms with Crippen LogP contribution >= 0.6 is 0 Å². The summed E-state index contributed by atoms with van der Waals surface area (Å²) in [6.45, 7) is 8.82. The van der Waals surface area contributed by atoms with Crippen LogP contribution in [-0.2, 0) is 21.7 Å². The molecule has 0 fully saturated rings. The van der Waals surface area contributed by atoms with E-state index in [9.17, 15) is 0 Å². The molecule has 0 aliphatic rings. The van der Waals surface area contributed by atoms with Crippen molar-refractivity contribution in [3.05, 3.63) is 65.7 Å². The van der Waals surface area contributed by atoms with Crippen molar-refractivity contribution in [2.75, 3.05) is 0 Å². The molecule has 2 rings (SSSR count). The van der Waals surface area contributed by atoms with Crippen molar-refractivity contribution in [2.24, 2.45) is 0 Å². The van der Waals surface area contributed by atoms with Crippen molar-refractivity contribution in [3.8, 4) is 0 Å². The summed E-state index contributed by atoms with van der Waals surface area (Å²) in [6.07, 6.45) is 0. The first-order chi connectivity index (χ1) is 8.11. The minimum Gasteiger partial charge on any atom is -0.214 e. The van der Waals surface area contributed by atoms with Gasteiger partial charge in [-0.05, 0) is 11.8 Å². The molecule has 0 nitrogen and oxygen atoms in total. The fourth-order valence-corrected chi connectivity index (χ4v) is 1.50. The smallest absolute Gasteiger partial charge is 0.214 e. The molecule has 0 N–H and O–H groups in total. The van der Waals surface area contributed by atoms with E-state index in [0.717, 1.165) is 0 Å². The maximum atomic E-state index is 3.44. The van der Waals surface area contributed by atoms with Crippen molar-refractivity contribution >= 4 is 0 Å². The van der Waals surface area contributed by atoms with Crippen molar-refractivity contribution in [1.29, 1.82) is 0 Å². The van der Waals surface area contributed by atoms with E-state index in [1.54, 1.807) is 0 Å². The Balaban J connectivity index is 0.000000405. The molecule has 94 valence electrons. The molecule has 18 heavy (non-hydrogen) atoms. The van der Waals surface area contributed by atoms with Gasteiger partial charge in [0.05, 0.1) is 0 Å². The fraction of sp³-hybridized carbons (Fsp3) is 0.353. The second kappa shape index (κ2) is 9.25. The zero-order valence-electron chi connectivity index (χ0n) is 11.8. The maximum absolute atomic E-state index is 3.44. The zero-order chi connectivity index (χ0) is 12.7. The molecule has 0 amide bonds. The Bertz CT molecular complexity index is 359. The van der Waals surface area contributed by atoms with E-state index in [1.165, 1.54) is 11.1 Å². The first-order valence-corrected chi connectivity index (χ1v) is 6.30. The van der Waals surface area contributed by atoms with E-state index in [2.05, 4.69) is 52.0 Å². The quantitative estimate of drug-likeness (QED) is 0.525. The Hall–Kier alpha value is -0.716. The summed E-state index contributed by atoms with van der Waals surface area (Å²) < 4.78 is 0. The third kappa shape index (κ3) is 6.28. The van der Waals surface area contributed by atoms with Gasteiger partial charge in [-0.2, -0.15) is 53.6 Å². The van der Waals surface area contributed by atoms with Crippen molar-refractivity contribution in [3.63, 3.8) is 0 Å². The Morgan fingerprint density at radius 1 is 0.833 bits per heavy atom. The van der Waals surface area contributed by atoms with E-state index < -0.39 is 0 Å². The van der Waals surface area contributed by atoms with Crippen LogP contribution in [0.2, 0.25) is 0 Å². The topological polar surface area (TPSA) is 0 Å². The molecule has 0 aliphatic heterocycles. The standard InChI is InChI=1S/C12H17.C5H5.Ti/c1-9(2)11-6-5-7-12(8-11)10(3)4;1-2-4-5-3-1;/h5-7,9-10H,1-4H3;1-5H;/q2*-1;+2. The molecular formula is C17H22Ti. The molecule has 0 spiro atoms. The van der Waals surface area contributed by atoms with Gasteiger partial charge < -0.3 is 0 Å². The second-order valence-corrected chi connectivity index (χ2v) is 4.83. The first kappa shape index (κ1) is 17.3. The van der Waals surface area contributed by atoms with Crippen LogP contribution in [-0.4, -0.2) is 0 Å². The number of hydrogen-bond donors (Lipinski definition) is 0. The molecule has 0 aliphatic carbocycles. The van der Waals surface area contributed by atoms with Gasteiger partial charge in [0, 0.05) is 0 Å². The van der Waals surface area contributed by atoms with Gasteiger partial charge in [-0.1, -0.05) is 27.7 Å². The Labute approximate surface area is 127 Å². The van der Waals surface area contributed by atoms with E-state index >= 15 is 0 Å². The average Bonchev–Trinajstić information content (AvgIpc) is 2.87. The molecule has 0 radical (unpaired) electrons. The number of rotatable bonds is 2. The molecule has 1 heteroatoms. The first-order valence-electron chi connectivity index (χ1n) is 6.30. The molecular weight excluding hydrogens is 252 g/mol. The van der Waals surface area contributed by atoms with Crippen molar-refractivity contribution in [2.45, 2.75) is 39.5 Å². The monoisotopic (exact) mass is 274 g/mol. The Kier molecular flexibility index (Phi) is 8.88. The molecule has 0 atom stereocenters. The van der Waals surface area contributed by atoms with E-state index in [1.807, 2.05) is 30.3 Å². The summed E-state index contributed by atoms with van der Waals surface area (Å²) in [4.78, 5) is 0. The predicted molar refractivity (Wildman–Crippen MR) is 75.5 cm³/mol. The molecule has 0 saturated heterocycles. The van der Waals surface area contributed by atoms with Crippen LogP contribution in [0.5, 0.6) is 0 Å². The van der Waals surface area contributed by atoms with E-state index in [0.29, 0.717) is 11.8 Å². The minimum atomic E-state index is 0. The maximum Gasteiger partial charge on any atom is 2.00 e. The second-order valence-electron chi connectivity index (χ2n) is 4.83. The van der Waals surface area contributed by atoms with Gasteiger partial charge in [0.25, 0.3) is 0 Å². The van der Waals surface area contributed by atoms with Gasteiger partial charge in [-0.15, -0.1) is 0 Å². The van der Waals surface area contributed by atoms with Gasteiger partial charge in [0.2, 0.25) is 0 Å². The van der Waals surface area contributed by atoms with Gasteiger partial charge in [-0.25, -0.2) is 12.1 Å². The Morgan fingerprint density at radius 3 is 1.56 bits per heavy atom. The summed E-state index contributed by atoms with van der Waals surface area (Å²) in [6, 6.07) is 19.9. The normalized spacial score (nSPS) is 9.67. The summed E-state index contributed by atoms with van der Waals surface area (Å²) in [5.41, 5.74) is 2.64. The van der Waals surface area contributed by atoms with Gasteiger partial charge in [0.15, 0.2) is 0 Å². The van der Waals surface area contributed by atoms with Gasteiger partial charge in [-0.3, -0.25) is 0 Å². The zero-order valence-corrected chi connectivity index (χ0v) is 13.3. The summed E-state index contributed by atoms with van der Waals surface area (Å²) in [5.74, 6) is 1.17. The molecule has 2 aromatic carbocycles. The van der Waals surface area contributed by atoms with Gasteiger partial charge in [0.1, 0.15) is 0 Å². The molecule has 0 heterocycles. The van der Waals surface area contributed by atoms with Crippen LogP contribution in [0, 0.1) is 6.07 Å². The molecule has 0 aromatic heterocycles. The summed E-state index contributed by atoms with van der Waals surface area (Å²) in [5, 5.41) is 0. The molecule has 2 aromatic rings. The van der Waals surface area contributed by atoms with E-state index in [4.69, 9.17) is 0 Å². The fourth-order valence-electron chi connectivity index (χ4n) is 1.50. The van der Waals surface area contributed by atoms with Gasteiger partial charge >= 0.3 is 21.7 Å². The van der Waals surface area contributed by atoms with E-state index in [-0.39, 0.29) is 21.7 Å². The van der Waals surface area contributed by atoms with Crippen LogP contribution < -0.4 is 0 Å². The number of hydrogen-bond acceptors (Lipinski definition) is 0. The number of benzene rings is 1. The van der Waals surface area contributed by atoms with Crippen LogP contribution in [0.15, 0.2) is 48.5 Å². The molecule has 0 unspecified atom stereocenters. The van der Waals surface area contributed by atoms with Crippen LogP contribution in [0.4, 0.5) is 0 Å². The van der Waals surface area contributed by atoms with Crippen LogP contribution in [0.1, 0.15) is 50.7 Å². The largest absolute Gasteiger partial charge is 2.00 e. The molecule has 0 saturated carbocycles.